The van der Waals surface area contributed by atoms with Gasteiger partial charge < -0.3 is 5.11 Å². The van der Waals surface area contributed by atoms with E-state index in [0.29, 0.717) is 12.1 Å². The second-order valence-electron chi connectivity index (χ2n) is 5.26. The van der Waals surface area contributed by atoms with Gasteiger partial charge in [-0.2, -0.15) is 0 Å². The third kappa shape index (κ3) is 2.85. The van der Waals surface area contributed by atoms with Gasteiger partial charge in [0.25, 0.3) is 0 Å². The van der Waals surface area contributed by atoms with Gasteiger partial charge in [0, 0.05) is 12.5 Å². The molecule has 1 unspecified atom stereocenters. The highest BCUT2D eigenvalue weighted by atomic mass is 32.2. The van der Waals surface area contributed by atoms with E-state index in [1.807, 2.05) is 18.2 Å². The maximum absolute atomic E-state index is 12.3. The fraction of sp³-hybridized carbons (Fsp3) is 0.250. The van der Waals surface area contributed by atoms with Gasteiger partial charge in [-0.1, -0.05) is 36.4 Å². The van der Waals surface area contributed by atoms with Crippen LogP contribution in [-0.2, 0) is 23.1 Å². The van der Waals surface area contributed by atoms with Crippen LogP contribution in [0.3, 0.4) is 0 Å². The van der Waals surface area contributed by atoms with Crippen LogP contribution < -0.4 is 4.72 Å². The second-order valence-corrected chi connectivity index (χ2v) is 7.02. The van der Waals surface area contributed by atoms with Crippen molar-refractivity contribution in [1.82, 2.24) is 4.72 Å². The van der Waals surface area contributed by atoms with Crippen molar-refractivity contribution >= 4 is 10.0 Å². The maximum atomic E-state index is 12.3. The molecule has 21 heavy (non-hydrogen) atoms. The molecule has 2 N–H and O–H groups in total. The third-order valence-electron chi connectivity index (χ3n) is 3.87. The quantitative estimate of drug-likeness (QED) is 0.885. The molecule has 0 fully saturated rings. The van der Waals surface area contributed by atoms with E-state index in [2.05, 4.69) is 10.8 Å². The van der Waals surface area contributed by atoms with Gasteiger partial charge in [-0.3, -0.25) is 0 Å². The Hall–Kier alpha value is -1.69. The van der Waals surface area contributed by atoms with Crippen molar-refractivity contribution < 1.29 is 13.5 Å². The summed E-state index contributed by atoms with van der Waals surface area (Å²) in [4.78, 5) is 0.196. The summed E-state index contributed by atoms with van der Waals surface area (Å²) in [5, 5.41) is 9.09. The van der Waals surface area contributed by atoms with Crippen LogP contribution >= 0.6 is 0 Å². The topological polar surface area (TPSA) is 66.4 Å². The minimum atomic E-state index is -3.53. The summed E-state index contributed by atoms with van der Waals surface area (Å²) in [6, 6.07) is 14.5. The Bertz CT molecular complexity index is 756. The van der Waals surface area contributed by atoms with Gasteiger partial charge in [0.05, 0.1) is 11.5 Å². The number of hydrogen-bond donors (Lipinski definition) is 2. The zero-order chi connectivity index (χ0) is 14.9. The first-order valence-corrected chi connectivity index (χ1v) is 8.36. The van der Waals surface area contributed by atoms with E-state index in [-0.39, 0.29) is 17.4 Å². The zero-order valence-electron chi connectivity index (χ0n) is 11.5. The Morgan fingerprint density at radius 2 is 1.95 bits per heavy atom. The number of nitrogens with one attached hydrogen (secondary N) is 1. The van der Waals surface area contributed by atoms with Gasteiger partial charge in [-0.05, 0) is 35.2 Å². The molecule has 0 aromatic heterocycles. The molecule has 3 rings (SSSR count). The van der Waals surface area contributed by atoms with Crippen molar-refractivity contribution in [3.8, 4) is 0 Å². The van der Waals surface area contributed by atoms with Crippen LogP contribution in [0.5, 0.6) is 0 Å². The molecule has 0 bridgehead atoms. The van der Waals surface area contributed by atoms with Crippen LogP contribution in [0.4, 0.5) is 0 Å². The van der Waals surface area contributed by atoms with Crippen LogP contribution in [0, 0.1) is 0 Å². The standard InChI is InChI=1S/C16H17NO3S/c18-11-12-4-3-6-15(8-12)21(19,20)17-10-14-9-13-5-1-2-7-16(13)14/h1-8,14,17-18H,9-11H2. The van der Waals surface area contributed by atoms with Crippen LogP contribution in [0.2, 0.25) is 0 Å². The molecule has 5 heteroatoms. The number of benzene rings is 2. The van der Waals surface area contributed by atoms with E-state index >= 15 is 0 Å². The Kier molecular flexibility index (Phi) is 3.80. The number of aliphatic hydroxyl groups is 1. The lowest BCUT2D eigenvalue weighted by molar-refractivity contribution is 0.281. The fourth-order valence-electron chi connectivity index (χ4n) is 2.65. The van der Waals surface area contributed by atoms with Gasteiger partial charge >= 0.3 is 0 Å². The smallest absolute Gasteiger partial charge is 0.240 e. The highest BCUT2D eigenvalue weighted by Crippen LogP contribution is 2.34. The first-order valence-electron chi connectivity index (χ1n) is 6.87. The van der Waals surface area contributed by atoms with E-state index in [9.17, 15) is 8.42 Å². The van der Waals surface area contributed by atoms with E-state index in [1.54, 1.807) is 12.1 Å². The Balaban J connectivity index is 1.70. The van der Waals surface area contributed by atoms with Gasteiger partial charge in [-0.15, -0.1) is 0 Å². The van der Waals surface area contributed by atoms with Crippen molar-refractivity contribution in [2.75, 3.05) is 6.54 Å². The normalized spacial score (nSPS) is 17.1. The monoisotopic (exact) mass is 303 g/mol. The molecule has 110 valence electrons. The molecule has 0 spiro atoms. The van der Waals surface area contributed by atoms with Crippen LogP contribution in [0.1, 0.15) is 22.6 Å². The Morgan fingerprint density at radius 3 is 2.71 bits per heavy atom. The van der Waals surface area contributed by atoms with Crippen molar-refractivity contribution in [2.45, 2.75) is 23.8 Å². The summed E-state index contributed by atoms with van der Waals surface area (Å²) in [7, 11) is -3.53. The number of aliphatic hydroxyl groups excluding tert-OH is 1. The van der Waals surface area contributed by atoms with E-state index in [0.717, 1.165) is 6.42 Å². The lowest BCUT2D eigenvalue weighted by Crippen LogP contribution is -2.33. The molecule has 0 saturated heterocycles. The van der Waals surface area contributed by atoms with Gasteiger partial charge in [0.2, 0.25) is 10.0 Å². The molecule has 2 aromatic rings. The van der Waals surface area contributed by atoms with Crippen LogP contribution in [0.15, 0.2) is 53.4 Å². The Labute approximate surface area is 124 Å². The predicted octanol–water partition coefficient (Wildman–Crippen LogP) is 1.80. The Morgan fingerprint density at radius 1 is 1.14 bits per heavy atom. The number of hydrogen-bond acceptors (Lipinski definition) is 3. The minimum absolute atomic E-state index is 0.167. The lowest BCUT2D eigenvalue weighted by atomic mass is 9.78. The zero-order valence-corrected chi connectivity index (χ0v) is 12.3. The number of rotatable bonds is 5. The van der Waals surface area contributed by atoms with E-state index in [1.165, 1.54) is 23.3 Å². The first-order chi connectivity index (χ1) is 10.1. The lowest BCUT2D eigenvalue weighted by Gasteiger charge is -2.30. The van der Waals surface area contributed by atoms with Crippen molar-refractivity contribution in [2.24, 2.45) is 0 Å². The molecular formula is C16H17NO3S. The highest BCUT2D eigenvalue weighted by molar-refractivity contribution is 7.89. The third-order valence-corrected chi connectivity index (χ3v) is 5.29. The fourth-order valence-corrected chi connectivity index (χ4v) is 3.80. The molecule has 1 aliphatic rings. The van der Waals surface area contributed by atoms with Crippen molar-refractivity contribution in [1.29, 1.82) is 0 Å². The SMILES string of the molecule is O=S(=O)(NCC1Cc2ccccc21)c1cccc(CO)c1. The maximum Gasteiger partial charge on any atom is 0.240 e. The van der Waals surface area contributed by atoms with Crippen LogP contribution in [0.25, 0.3) is 0 Å². The van der Waals surface area contributed by atoms with Crippen molar-refractivity contribution in [3.05, 3.63) is 65.2 Å². The van der Waals surface area contributed by atoms with Gasteiger partial charge in [0.1, 0.15) is 0 Å². The second kappa shape index (κ2) is 5.60. The molecule has 0 radical (unpaired) electrons. The molecular weight excluding hydrogens is 286 g/mol. The summed E-state index contributed by atoms with van der Waals surface area (Å²) in [5.41, 5.74) is 3.11. The largest absolute Gasteiger partial charge is 0.392 e. The predicted molar refractivity (Wildman–Crippen MR) is 80.4 cm³/mol. The first kappa shape index (κ1) is 14.3. The van der Waals surface area contributed by atoms with E-state index in [4.69, 9.17) is 5.11 Å². The molecule has 1 atom stereocenters. The minimum Gasteiger partial charge on any atom is -0.392 e. The average molecular weight is 303 g/mol. The van der Waals surface area contributed by atoms with Gasteiger partial charge in [-0.25, -0.2) is 13.1 Å². The number of fused-ring (bicyclic) bond motifs is 1. The average Bonchev–Trinajstić information content (AvgIpc) is 2.48. The molecule has 2 aromatic carbocycles. The highest BCUT2D eigenvalue weighted by Gasteiger charge is 2.27. The molecule has 0 aliphatic heterocycles. The number of sulfonamides is 1. The molecule has 1 aliphatic carbocycles. The van der Waals surface area contributed by atoms with Crippen molar-refractivity contribution in [3.63, 3.8) is 0 Å². The van der Waals surface area contributed by atoms with Crippen LogP contribution in [-0.4, -0.2) is 20.1 Å². The summed E-state index contributed by atoms with van der Waals surface area (Å²) < 4.78 is 27.2. The molecule has 0 heterocycles. The molecule has 0 amide bonds. The molecule has 4 nitrogen and oxygen atoms in total. The van der Waals surface area contributed by atoms with E-state index < -0.39 is 10.0 Å². The summed E-state index contributed by atoms with van der Waals surface area (Å²) >= 11 is 0. The summed E-state index contributed by atoms with van der Waals surface area (Å²) in [6.45, 7) is 0.238. The van der Waals surface area contributed by atoms with Gasteiger partial charge in [0.15, 0.2) is 0 Å². The molecule has 0 saturated carbocycles. The summed E-state index contributed by atoms with van der Waals surface area (Å²) in [5.74, 6) is 0.247. The summed E-state index contributed by atoms with van der Waals surface area (Å²) in [6.07, 6.45) is 0.912.